The normalized spacial score (nSPS) is 16.9. The molecule has 17 heavy (non-hydrogen) atoms. The van der Waals surface area contributed by atoms with E-state index in [1.165, 1.54) is 24.6 Å². The molecule has 1 saturated heterocycles. The number of hydrogen-bond donors (Lipinski definition) is 0. The Morgan fingerprint density at radius 2 is 2.06 bits per heavy atom. The lowest BCUT2D eigenvalue weighted by molar-refractivity contribution is -0.128. The Hall–Kier alpha value is -0.970. The molecule has 0 unspecified atom stereocenters. The molecular formula is C12H19N3OS. The Kier molecular flexibility index (Phi) is 4.48. The van der Waals surface area contributed by atoms with Gasteiger partial charge in [-0.1, -0.05) is 24.6 Å². The first-order valence-electron chi connectivity index (χ1n) is 6.15. The minimum absolute atomic E-state index is 0.250. The summed E-state index contributed by atoms with van der Waals surface area (Å²) in [5, 5.41) is 0.910. The highest BCUT2D eigenvalue weighted by molar-refractivity contribution is 7.99. The van der Waals surface area contributed by atoms with Gasteiger partial charge in [0, 0.05) is 32.5 Å². The summed E-state index contributed by atoms with van der Waals surface area (Å²) in [4.78, 5) is 18.2. The number of amides is 1. The number of hydrogen-bond acceptors (Lipinski definition) is 3. The van der Waals surface area contributed by atoms with Crippen LogP contribution in [0.2, 0.25) is 0 Å². The van der Waals surface area contributed by atoms with E-state index in [1.807, 2.05) is 22.7 Å². The van der Waals surface area contributed by atoms with Crippen molar-refractivity contribution >= 4 is 17.7 Å². The van der Waals surface area contributed by atoms with Crippen LogP contribution in [0.25, 0.3) is 0 Å². The highest BCUT2D eigenvalue weighted by atomic mass is 32.2. The van der Waals surface area contributed by atoms with E-state index in [4.69, 9.17) is 0 Å². The third-order valence-corrected chi connectivity index (χ3v) is 4.10. The summed E-state index contributed by atoms with van der Waals surface area (Å²) in [5.74, 6) is 0.755. The number of aromatic nitrogens is 2. The number of thioether (sulfide) groups is 1. The van der Waals surface area contributed by atoms with E-state index in [9.17, 15) is 4.79 Å². The minimum Gasteiger partial charge on any atom is -0.342 e. The van der Waals surface area contributed by atoms with Gasteiger partial charge in [-0.15, -0.1) is 0 Å². The predicted octanol–water partition coefficient (Wildman–Crippen LogP) is 1.91. The van der Waals surface area contributed by atoms with Crippen molar-refractivity contribution in [1.82, 2.24) is 14.5 Å². The highest BCUT2D eigenvalue weighted by Crippen LogP contribution is 2.16. The quantitative estimate of drug-likeness (QED) is 0.772. The summed E-state index contributed by atoms with van der Waals surface area (Å²) >= 11 is 1.52. The summed E-state index contributed by atoms with van der Waals surface area (Å²) in [7, 11) is 1.95. The first-order valence-corrected chi connectivity index (χ1v) is 7.14. The van der Waals surface area contributed by atoms with Crippen LogP contribution in [0.3, 0.4) is 0 Å². The number of aryl methyl sites for hydroxylation is 1. The van der Waals surface area contributed by atoms with E-state index >= 15 is 0 Å². The molecule has 2 heterocycles. The van der Waals surface area contributed by atoms with Crippen LogP contribution in [0.1, 0.15) is 25.7 Å². The second-order valence-corrected chi connectivity index (χ2v) is 5.35. The zero-order valence-corrected chi connectivity index (χ0v) is 11.1. The van der Waals surface area contributed by atoms with Gasteiger partial charge < -0.3 is 9.47 Å². The third-order valence-electron chi connectivity index (χ3n) is 3.06. The van der Waals surface area contributed by atoms with Gasteiger partial charge in [0.2, 0.25) is 5.91 Å². The smallest absolute Gasteiger partial charge is 0.233 e. The van der Waals surface area contributed by atoms with Gasteiger partial charge in [0.1, 0.15) is 0 Å². The fraction of sp³-hybridized carbons (Fsp3) is 0.667. The predicted molar refractivity (Wildman–Crippen MR) is 69.0 cm³/mol. The molecule has 1 aromatic heterocycles. The molecule has 1 fully saturated rings. The van der Waals surface area contributed by atoms with Gasteiger partial charge in [0.25, 0.3) is 0 Å². The van der Waals surface area contributed by atoms with E-state index in [0.717, 1.165) is 31.1 Å². The van der Waals surface area contributed by atoms with Crippen molar-refractivity contribution in [3.05, 3.63) is 12.4 Å². The van der Waals surface area contributed by atoms with Crippen molar-refractivity contribution in [2.75, 3.05) is 18.8 Å². The van der Waals surface area contributed by atoms with E-state index < -0.39 is 0 Å². The maximum atomic E-state index is 12.0. The molecule has 1 aliphatic rings. The molecule has 1 aliphatic heterocycles. The van der Waals surface area contributed by atoms with Crippen LogP contribution in [0.5, 0.6) is 0 Å². The van der Waals surface area contributed by atoms with E-state index in [1.54, 1.807) is 6.20 Å². The SMILES string of the molecule is Cn1ccnc1SCC(=O)N1CCCCCC1. The maximum Gasteiger partial charge on any atom is 0.233 e. The fourth-order valence-corrected chi connectivity index (χ4v) is 2.86. The molecule has 0 bridgehead atoms. The van der Waals surface area contributed by atoms with Gasteiger partial charge in [-0.05, 0) is 12.8 Å². The van der Waals surface area contributed by atoms with Crippen molar-refractivity contribution in [3.8, 4) is 0 Å². The highest BCUT2D eigenvalue weighted by Gasteiger charge is 2.16. The average molecular weight is 253 g/mol. The zero-order chi connectivity index (χ0) is 12.1. The van der Waals surface area contributed by atoms with Gasteiger partial charge in [-0.25, -0.2) is 4.98 Å². The summed E-state index contributed by atoms with van der Waals surface area (Å²) in [6.07, 6.45) is 8.49. The molecule has 94 valence electrons. The molecule has 0 aliphatic carbocycles. The molecule has 5 heteroatoms. The summed E-state index contributed by atoms with van der Waals surface area (Å²) in [6.45, 7) is 1.86. The molecule has 0 aromatic carbocycles. The molecule has 2 rings (SSSR count). The zero-order valence-electron chi connectivity index (χ0n) is 10.3. The minimum atomic E-state index is 0.250. The van der Waals surface area contributed by atoms with Gasteiger partial charge in [0.15, 0.2) is 5.16 Å². The van der Waals surface area contributed by atoms with Crippen molar-refractivity contribution < 1.29 is 4.79 Å². The monoisotopic (exact) mass is 253 g/mol. The van der Waals surface area contributed by atoms with Crippen LogP contribution < -0.4 is 0 Å². The van der Waals surface area contributed by atoms with Crippen LogP contribution in [0.15, 0.2) is 17.6 Å². The second kappa shape index (κ2) is 6.10. The fourth-order valence-electron chi connectivity index (χ4n) is 2.03. The molecule has 0 atom stereocenters. The largest absolute Gasteiger partial charge is 0.342 e. The summed E-state index contributed by atoms with van der Waals surface area (Å²) in [5.41, 5.74) is 0. The van der Waals surface area contributed by atoms with Crippen molar-refractivity contribution in [2.45, 2.75) is 30.8 Å². The molecule has 0 radical (unpaired) electrons. The first-order chi connectivity index (χ1) is 8.27. The van der Waals surface area contributed by atoms with Gasteiger partial charge in [-0.3, -0.25) is 4.79 Å². The Morgan fingerprint density at radius 3 is 2.65 bits per heavy atom. The third kappa shape index (κ3) is 3.49. The summed E-state index contributed by atoms with van der Waals surface area (Å²) < 4.78 is 1.94. The molecule has 1 amide bonds. The lowest BCUT2D eigenvalue weighted by Gasteiger charge is -2.19. The van der Waals surface area contributed by atoms with Gasteiger partial charge in [-0.2, -0.15) is 0 Å². The molecule has 4 nitrogen and oxygen atoms in total. The van der Waals surface area contributed by atoms with Crippen LogP contribution in [-0.4, -0.2) is 39.2 Å². The van der Waals surface area contributed by atoms with E-state index in [2.05, 4.69) is 4.98 Å². The van der Waals surface area contributed by atoms with Crippen LogP contribution in [-0.2, 0) is 11.8 Å². The van der Waals surface area contributed by atoms with Crippen molar-refractivity contribution in [1.29, 1.82) is 0 Å². The molecule has 0 saturated carbocycles. The molecule has 1 aromatic rings. The number of carbonyl (C=O) groups is 1. The Bertz CT molecular complexity index is 370. The van der Waals surface area contributed by atoms with Crippen LogP contribution in [0.4, 0.5) is 0 Å². The van der Waals surface area contributed by atoms with E-state index in [-0.39, 0.29) is 5.91 Å². The van der Waals surface area contributed by atoms with Crippen molar-refractivity contribution in [3.63, 3.8) is 0 Å². The molecule has 0 N–H and O–H groups in total. The number of rotatable bonds is 3. The lowest BCUT2D eigenvalue weighted by Crippen LogP contribution is -2.33. The van der Waals surface area contributed by atoms with Crippen LogP contribution in [0, 0.1) is 0 Å². The number of carbonyl (C=O) groups excluding carboxylic acids is 1. The first kappa shape index (κ1) is 12.5. The molecule has 0 spiro atoms. The second-order valence-electron chi connectivity index (χ2n) is 4.40. The Morgan fingerprint density at radius 1 is 1.35 bits per heavy atom. The molecular weight excluding hydrogens is 234 g/mol. The Labute approximate surface area is 106 Å². The van der Waals surface area contributed by atoms with Crippen molar-refractivity contribution in [2.24, 2.45) is 7.05 Å². The summed E-state index contributed by atoms with van der Waals surface area (Å²) in [6, 6.07) is 0. The lowest BCUT2D eigenvalue weighted by atomic mass is 10.2. The van der Waals surface area contributed by atoms with Crippen LogP contribution >= 0.6 is 11.8 Å². The number of imidazole rings is 1. The number of likely N-dealkylation sites (tertiary alicyclic amines) is 1. The van der Waals surface area contributed by atoms with E-state index in [0.29, 0.717) is 5.75 Å². The maximum absolute atomic E-state index is 12.0. The van der Waals surface area contributed by atoms with Gasteiger partial charge >= 0.3 is 0 Å². The Balaban J connectivity index is 1.82. The topological polar surface area (TPSA) is 38.1 Å². The average Bonchev–Trinajstić information content (AvgIpc) is 2.58. The standard InChI is InChI=1S/C12H19N3OS/c1-14-9-6-13-12(14)17-10-11(16)15-7-4-2-3-5-8-15/h6,9H,2-5,7-8,10H2,1H3. The number of nitrogens with zero attached hydrogens (tertiary/aromatic N) is 3. The van der Waals surface area contributed by atoms with Gasteiger partial charge in [0.05, 0.1) is 5.75 Å².